The van der Waals surface area contributed by atoms with Crippen molar-refractivity contribution in [2.24, 2.45) is 11.7 Å². The highest BCUT2D eigenvalue weighted by Gasteiger charge is 1.94. The molecular formula is C5H14N2O. The molecule has 0 spiro atoms. The van der Waals surface area contributed by atoms with E-state index in [4.69, 9.17) is 10.8 Å². The first-order valence-corrected chi connectivity index (χ1v) is 2.80. The van der Waals surface area contributed by atoms with E-state index in [0.29, 0.717) is 5.92 Å². The number of nitrogens with two attached hydrogens (primary N) is 1. The predicted octanol–water partition coefficient (Wildman–Crippen LogP) is -0.533. The molecule has 0 fully saturated rings. The molecule has 4 N–H and O–H groups in total. The molecule has 0 aliphatic heterocycles. The van der Waals surface area contributed by atoms with Crippen molar-refractivity contribution in [3.8, 4) is 0 Å². The van der Waals surface area contributed by atoms with Gasteiger partial charge in [0.1, 0.15) is 0 Å². The quantitative estimate of drug-likeness (QED) is 0.436. The first-order chi connectivity index (χ1) is 3.63. The van der Waals surface area contributed by atoms with E-state index in [1.165, 1.54) is 0 Å². The first kappa shape index (κ1) is 7.88. The number of nitrogens with one attached hydrogen (secondary N) is 1. The zero-order valence-electron chi connectivity index (χ0n) is 5.39. The zero-order valence-corrected chi connectivity index (χ0v) is 5.39. The summed E-state index contributed by atoms with van der Waals surface area (Å²) in [6, 6.07) is 0. The number of hydrogen-bond acceptors (Lipinski definition) is 3. The van der Waals surface area contributed by atoms with Crippen molar-refractivity contribution in [3.63, 3.8) is 0 Å². The van der Waals surface area contributed by atoms with Gasteiger partial charge in [0.2, 0.25) is 0 Å². The van der Waals surface area contributed by atoms with E-state index in [2.05, 4.69) is 19.2 Å². The van der Waals surface area contributed by atoms with Crippen LogP contribution in [0.1, 0.15) is 13.8 Å². The van der Waals surface area contributed by atoms with Crippen molar-refractivity contribution in [1.29, 1.82) is 0 Å². The Bertz CT molecular complexity index is 46.4. The fourth-order valence-electron chi connectivity index (χ4n) is 0.356. The molecule has 0 saturated heterocycles. The predicted molar refractivity (Wildman–Crippen MR) is 33.0 cm³/mol. The van der Waals surface area contributed by atoms with E-state index in [9.17, 15) is 0 Å². The fraction of sp³-hybridized carbons (Fsp3) is 1.00. The Morgan fingerprint density at radius 3 is 2.25 bits per heavy atom. The molecule has 3 heteroatoms. The minimum atomic E-state index is -0.864. The van der Waals surface area contributed by atoms with E-state index in [1.54, 1.807) is 0 Å². The molecule has 0 radical (unpaired) electrons. The van der Waals surface area contributed by atoms with Crippen molar-refractivity contribution >= 4 is 0 Å². The molecule has 3 nitrogen and oxygen atoms in total. The molecule has 1 atom stereocenters. The first-order valence-electron chi connectivity index (χ1n) is 2.80. The number of rotatable bonds is 3. The molecule has 0 saturated carbocycles. The Morgan fingerprint density at radius 2 is 2.12 bits per heavy atom. The lowest BCUT2D eigenvalue weighted by molar-refractivity contribution is 0.140. The summed E-state index contributed by atoms with van der Waals surface area (Å²) in [7, 11) is 0. The third-order valence-corrected chi connectivity index (χ3v) is 0.735. The maximum Gasteiger partial charge on any atom is 0.157 e. The van der Waals surface area contributed by atoms with Crippen LogP contribution < -0.4 is 11.1 Å². The summed E-state index contributed by atoms with van der Waals surface area (Å²) in [5.41, 5.74) is 4.99. The van der Waals surface area contributed by atoms with E-state index in [1.807, 2.05) is 0 Å². The molecule has 0 amide bonds. The molecule has 0 rings (SSSR count). The van der Waals surface area contributed by atoms with Gasteiger partial charge in [0, 0.05) is 6.54 Å². The second-order valence-electron chi connectivity index (χ2n) is 2.25. The lowest BCUT2D eigenvalue weighted by atomic mass is 10.2. The molecule has 0 heterocycles. The molecule has 0 aliphatic carbocycles. The SMILES string of the molecule is CC(C)CNC(N)O. The molecule has 1 unspecified atom stereocenters. The van der Waals surface area contributed by atoms with Crippen LogP contribution in [-0.4, -0.2) is 18.0 Å². The standard InChI is InChI=1S/C5H14N2O/c1-4(2)3-7-5(6)8/h4-5,7-8H,3,6H2,1-2H3. The van der Waals surface area contributed by atoms with Crippen LogP contribution in [0.5, 0.6) is 0 Å². The van der Waals surface area contributed by atoms with Crippen molar-refractivity contribution < 1.29 is 5.11 Å². The molecule has 0 aromatic heterocycles. The fourth-order valence-corrected chi connectivity index (χ4v) is 0.356. The van der Waals surface area contributed by atoms with Gasteiger partial charge in [0.05, 0.1) is 0 Å². The van der Waals surface area contributed by atoms with Gasteiger partial charge >= 0.3 is 0 Å². The maximum absolute atomic E-state index is 8.47. The minimum Gasteiger partial charge on any atom is -0.366 e. The van der Waals surface area contributed by atoms with Crippen LogP contribution in [0, 0.1) is 5.92 Å². The molecule has 50 valence electrons. The van der Waals surface area contributed by atoms with Gasteiger partial charge in [0.15, 0.2) is 6.35 Å². The van der Waals surface area contributed by atoms with Crippen molar-refractivity contribution in [2.45, 2.75) is 20.2 Å². The largest absolute Gasteiger partial charge is 0.366 e. The second kappa shape index (κ2) is 3.83. The molecular weight excluding hydrogens is 104 g/mol. The van der Waals surface area contributed by atoms with Crippen LogP contribution in [0.4, 0.5) is 0 Å². The van der Waals surface area contributed by atoms with Crippen molar-refractivity contribution in [1.82, 2.24) is 5.32 Å². The van der Waals surface area contributed by atoms with E-state index in [-0.39, 0.29) is 0 Å². The summed E-state index contributed by atoms with van der Waals surface area (Å²) in [4.78, 5) is 0. The van der Waals surface area contributed by atoms with Gasteiger partial charge < -0.3 is 5.11 Å². The monoisotopic (exact) mass is 118 g/mol. The van der Waals surface area contributed by atoms with Crippen LogP contribution in [0.3, 0.4) is 0 Å². The van der Waals surface area contributed by atoms with E-state index in [0.717, 1.165) is 6.54 Å². The van der Waals surface area contributed by atoms with Crippen molar-refractivity contribution in [2.75, 3.05) is 6.54 Å². The minimum absolute atomic E-state index is 0.535. The highest BCUT2D eigenvalue weighted by molar-refractivity contribution is 4.48. The lowest BCUT2D eigenvalue weighted by Crippen LogP contribution is -2.38. The van der Waals surface area contributed by atoms with Gasteiger partial charge in [-0.05, 0) is 5.92 Å². The average molecular weight is 118 g/mol. The van der Waals surface area contributed by atoms with Gasteiger partial charge in [-0.3, -0.25) is 11.1 Å². The van der Waals surface area contributed by atoms with E-state index >= 15 is 0 Å². The number of hydrogen-bond donors (Lipinski definition) is 3. The van der Waals surface area contributed by atoms with Crippen LogP contribution >= 0.6 is 0 Å². The van der Waals surface area contributed by atoms with Gasteiger partial charge in [-0.1, -0.05) is 13.8 Å². The number of aliphatic hydroxyl groups excluding tert-OH is 1. The molecule has 0 aromatic rings. The topological polar surface area (TPSA) is 58.3 Å². The van der Waals surface area contributed by atoms with Crippen LogP contribution in [-0.2, 0) is 0 Å². The van der Waals surface area contributed by atoms with Gasteiger partial charge in [-0.25, -0.2) is 0 Å². The Balaban J connectivity index is 2.93. The molecule has 0 bridgehead atoms. The maximum atomic E-state index is 8.47. The average Bonchev–Trinajstić information content (AvgIpc) is 1.61. The molecule has 8 heavy (non-hydrogen) atoms. The lowest BCUT2D eigenvalue weighted by Gasteiger charge is -2.08. The second-order valence-corrected chi connectivity index (χ2v) is 2.25. The molecule has 0 aromatic carbocycles. The smallest absolute Gasteiger partial charge is 0.157 e. The Hall–Kier alpha value is -0.120. The highest BCUT2D eigenvalue weighted by atomic mass is 16.3. The van der Waals surface area contributed by atoms with Crippen LogP contribution in [0.15, 0.2) is 0 Å². The third-order valence-electron chi connectivity index (χ3n) is 0.735. The highest BCUT2D eigenvalue weighted by Crippen LogP contribution is 1.85. The Kier molecular flexibility index (Phi) is 3.77. The number of aliphatic hydroxyl groups is 1. The normalized spacial score (nSPS) is 14.6. The van der Waals surface area contributed by atoms with Gasteiger partial charge in [-0.15, -0.1) is 0 Å². The summed E-state index contributed by atoms with van der Waals surface area (Å²) < 4.78 is 0. The molecule has 0 aliphatic rings. The Labute approximate surface area is 49.9 Å². The van der Waals surface area contributed by atoms with Crippen LogP contribution in [0.2, 0.25) is 0 Å². The summed E-state index contributed by atoms with van der Waals surface area (Å²) in [6.45, 7) is 4.86. The van der Waals surface area contributed by atoms with Gasteiger partial charge in [-0.2, -0.15) is 0 Å². The van der Waals surface area contributed by atoms with Crippen LogP contribution in [0.25, 0.3) is 0 Å². The zero-order chi connectivity index (χ0) is 6.57. The summed E-state index contributed by atoms with van der Waals surface area (Å²) in [5.74, 6) is 0.535. The van der Waals surface area contributed by atoms with Crippen molar-refractivity contribution in [3.05, 3.63) is 0 Å². The Morgan fingerprint density at radius 1 is 1.62 bits per heavy atom. The van der Waals surface area contributed by atoms with E-state index < -0.39 is 6.35 Å². The summed E-state index contributed by atoms with van der Waals surface area (Å²) in [6.07, 6.45) is -0.864. The summed E-state index contributed by atoms with van der Waals surface area (Å²) >= 11 is 0. The van der Waals surface area contributed by atoms with Gasteiger partial charge in [0.25, 0.3) is 0 Å². The third kappa shape index (κ3) is 5.88. The summed E-state index contributed by atoms with van der Waals surface area (Å²) in [5, 5.41) is 11.1.